The zero-order valence-electron chi connectivity index (χ0n) is 9.43. The van der Waals surface area contributed by atoms with E-state index in [2.05, 4.69) is 0 Å². The van der Waals surface area contributed by atoms with Crippen LogP contribution in [0.2, 0.25) is 0 Å². The topological polar surface area (TPSA) is 35.2 Å². The van der Waals surface area contributed by atoms with Crippen molar-refractivity contribution >= 4 is 13.7 Å². The predicted molar refractivity (Wildman–Crippen MR) is 69.5 cm³/mol. The molecule has 2 rings (SSSR count). The highest BCUT2D eigenvalue weighted by atomic mass is 31.2. The Morgan fingerprint density at radius 2 is 1.71 bits per heavy atom. The lowest BCUT2D eigenvalue weighted by molar-refractivity contribution is 0.479. The van der Waals surface area contributed by atoms with Gasteiger partial charge in [-0.2, -0.15) is 0 Å². The van der Waals surface area contributed by atoms with Crippen LogP contribution in [0.1, 0.15) is 5.56 Å². The smallest absolute Gasteiger partial charge is 0.183 e. The first-order valence-corrected chi connectivity index (χ1v) is 6.51. The fourth-order valence-corrected chi connectivity index (χ4v) is 1.89. The first-order valence-electron chi connectivity index (χ1n) is 5.21. The van der Waals surface area contributed by atoms with Gasteiger partial charge in [-0.05, 0) is 42.8 Å². The number of rotatable bonds is 3. The minimum atomic E-state index is -2.03. The number of halogens is 1. The van der Waals surface area contributed by atoms with E-state index in [-0.39, 0.29) is 0 Å². The maximum absolute atomic E-state index is 12.9. The molecule has 0 aromatic heterocycles. The predicted octanol–water partition coefficient (Wildman–Crippen LogP) is 3.65. The lowest BCUT2D eigenvalue weighted by Gasteiger charge is -2.09. The van der Waals surface area contributed by atoms with Crippen LogP contribution in [0.4, 0.5) is 4.20 Å². The molecule has 2 nitrogen and oxygen atoms in total. The van der Waals surface area contributed by atoms with Crippen molar-refractivity contribution in [3.63, 3.8) is 0 Å². The van der Waals surface area contributed by atoms with Gasteiger partial charge < -0.3 is 4.74 Å². The Bertz CT molecular complexity index is 499. The summed E-state index contributed by atoms with van der Waals surface area (Å²) in [5.41, 5.74) is 6.26. The van der Waals surface area contributed by atoms with Crippen molar-refractivity contribution in [2.45, 2.75) is 6.92 Å². The molecule has 0 aliphatic rings. The maximum Gasteiger partial charge on any atom is 0.183 e. The van der Waals surface area contributed by atoms with Gasteiger partial charge in [-0.15, -0.1) is 0 Å². The SMILES string of the molecule is Cc1ccccc1Oc1ccc(P(N)F)cc1. The molecule has 2 aromatic rings. The molecule has 0 fully saturated rings. The number of aryl methyl sites for hydroxylation is 1. The summed E-state index contributed by atoms with van der Waals surface area (Å²) < 4.78 is 18.5. The summed E-state index contributed by atoms with van der Waals surface area (Å²) in [7, 11) is -2.03. The first kappa shape index (κ1) is 12.0. The Kier molecular flexibility index (Phi) is 3.72. The van der Waals surface area contributed by atoms with Crippen molar-refractivity contribution in [3.8, 4) is 11.5 Å². The van der Waals surface area contributed by atoms with Gasteiger partial charge >= 0.3 is 0 Å². The molecule has 17 heavy (non-hydrogen) atoms. The maximum atomic E-state index is 12.9. The van der Waals surface area contributed by atoms with Crippen LogP contribution >= 0.6 is 8.38 Å². The summed E-state index contributed by atoms with van der Waals surface area (Å²) >= 11 is 0. The second kappa shape index (κ2) is 5.26. The molecule has 0 bridgehead atoms. The number of para-hydroxylation sites is 1. The third kappa shape index (κ3) is 3.02. The van der Waals surface area contributed by atoms with Crippen LogP contribution in [0.5, 0.6) is 11.5 Å². The number of benzene rings is 2. The molecule has 0 amide bonds. The summed E-state index contributed by atoms with van der Waals surface area (Å²) in [4.78, 5) is 0. The van der Waals surface area contributed by atoms with E-state index in [1.807, 2.05) is 31.2 Å². The van der Waals surface area contributed by atoms with Gasteiger partial charge in [0.15, 0.2) is 8.38 Å². The van der Waals surface area contributed by atoms with Gasteiger partial charge in [-0.1, -0.05) is 18.2 Å². The first-order chi connectivity index (χ1) is 8.16. The molecule has 0 spiro atoms. The third-order valence-electron chi connectivity index (χ3n) is 2.40. The minimum Gasteiger partial charge on any atom is -0.457 e. The average Bonchev–Trinajstić information content (AvgIpc) is 2.33. The highest BCUT2D eigenvalue weighted by Crippen LogP contribution is 2.28. The third-order valence-corrected chi connectivity index (χ3v) is 3.20. The van der Waals surface area contributed by atoms with Crippen LogP contribution in [0.25, 0.3) is 0 Å². The molecule has 0 heterocycles. The molecule has 0 saturated carbocycles. The molecule has 2 N–H and O–H groups in total. The van der Waals surface area contributed by atoms with E-state index in [0.29, 0.717) is 11.1 Å². The zero-order valence-corrected chi connectivity index (χ0v) is 10.3. The van der Waals surface area contributed by atoms with Crippen LogP contribution in [0, 0.1) is 6.92 Å². The van der Waals surface area contributed by atoms with Crippen molar-refractivity contribution in [3.05, 3.63) is 54.1 Å². The minimum absolute atomic E-state index is 0.511. The lowest BCUT2D eigenvalue weighted by Crippen LogP contribution is -2.02. The van der Waals surface area contributed by atoms with Gasteiger partial charge in [0.1, 0.15) is 11.5 Å². The highest BCUT2D eigenvalue weighted by molar-refractivity contribution is 7.58. The molecule has 0 radical (unpaired) electrons. The summed E-state index contributed by atoms with van der Waals surface area (Å²) in [5.74, 6) is 1.48. The summed E-state index contributed by atoms with van der Waals surface area (Å²) in [6.45, 7) is 1.98. The van der Waals surface area contributed by atoms with E-state index >= 15 is 0 Å². The molecule has 1 unspecified atom stereocenters. The molecule has 2 aromatic carbocycles. The molecule has 88 valence electrons. The van der Waals surface area contributed by atoms with Crippen molar-refractivity contribution in [1.82, 2.24) is 0 Å². The van der Waals surface area contributed by atoms with Crippen molar-refractivity contribution < 1.29 is 8.93 Å². The molecular weight excluding hydrogens is 236 g/mol. The molecule has 0 saturated heterocycles. The van der Waals surface area contributed by atoms with Gasteiger partial charge in [0.05, 0.1) is 0 Å². The van der Waals surface area contributed by atoms with Crippen LogP contribution < -0.4 is 15.5 Å². The number of nitrogens with two attached hydrogens (primary N) is 1. The largest absolute Gasteiger partial charge is 0.457 e. The van der Waals surface area contributed by atoms with E-state index < -0.39 is 8.38 Å². The standard InChI is InChI=1S/C13H13FNOP/c1-10-4-2-3-5-13(10)16-11-6-8-12(9-7-11)17(14)15/h2-9H,15H2,1H3. The fourth-order valence-electron chi connectivity index (χ4n) is 1.45. The Balaban J connectivity index is 2.17. The van der Waals surface area contributed by atoms with E-state index in [4.69, 9.17) is 10.2 Å². The second-order valence-electron chi connectivity index (χ2n) is 3.67. The van der Waals surface area contributed by atoms with Crippen molar-refractivity contribution in [2.24, 2.45) is 5.50 Å². The van der Waals surface area contributed by atoms with Gasteiger partial charge in [0.2, 0.25) is 0 Å². The van der Waals surface area contributed by atoms with Crippen LogP contribution in [-0.2, 0) is 0 Å². The molecule has 0 aliphatic carbocycles. The summed E-state index contributed by atoms with van der Waals surface area (Å²) in [6.07, 6.45) is 0. The second-order valence-corrected chi connectivity index (χ2v) is 4.81. The van der Waals surface area contributed by atoms with Crippen molar-refractivity contribution in [1.29, 1.82) is 0 Å². The van der Waals surface area contributed by atoms with E-state index in [1.165, 1.54) is 0 Å². The van der Waals surface area contributed by atoms with E-state index in [9.17, 15) is 4.20 Å². The Morgan fingerprint density at radius 1 is 1.06 bits per heavy atom. The monoisotopic (exact) mass is 249 g/mol. The zero-order chi connectivity index (χ0) is 12.3. The number of hydrogen-bond acceptors (Lipinski definition) is 2. The van der Waals surface area contributed by atoms with E-state index in [1.54, 1.807) is 24.3 Å². The Hall–Kier alpha value is -1.44. The molecule has 4 heteroatoms. The van der Waals surface area contributed by atoms with Gasteiger partial charge in [-0.25, -0.2) is 4.20 Å². The Morgan fingerprint density at radius 3 is 2.29 bits per heavy atom. The molecular formula is C13H13FNOP. The fraction of sp³-hybridized carbons (Fsp3) is 0.0769. The van der Waals surface area contributed by atoms with Gasteiger partial charge in [0, 0.05) is 5.30 Å². The highest BCUT2D eigenvalue weighted by Gasteiger charge is 2.05. The molecule has 1 atom stereocenters. The Labute approximate surface area is 101 Å². The normalized spacial score (nSPS) is 12.2. The molecule has 0 aliphatic heterocycles. The van der Waals surface area contributed by atoms with E-state index in [0.717, 1.165) is 11.3 Å². The summed E-state index contributed by atoms with van der Waals surface area (Å²) in [5, 5.41) is 0.511. The average molecular weight is 249 g/mol. The lowest BCUT2D eigenvalue weighted by atomic mass is 10.2. The van der Waals surface area contributed by atoms with Crippen LogP contribution in [0.3, 0.4) is 0 Å². The quantitative estimate of drug-likeness (QED) is 0.842. The summed E-state index contributed by atoms with van der Waals surface area (Å²) in [6, 6.07) is 14.5. The number of ether oxygens (including phenoxy) is 1. The van der Waals surface area contributed by atoms with Gasteiger partial charge in [0.25, 0.3) is 0 Å². The van der Waals surface area contributed by atoms with Gasteiger partial charge in [-0.3, -0.25) is 5.50 Å². The van der Waals surface area contributed by atoms with Crippen LogP contribution in [-0.4, -0.2) is 0 Å². The number of hydrogen-bond donors (Lipinski definition) is 1. The van der Waals surface area contributed by atoms with Crippen LogP contribution in [0.15, 0.2) is 48.5 Å². The van der Waals surface area contributed by atoms with Crippen molar-refractivity contribution in [2.75, 3.05) is 0 Å².